The summed E-state index contributed by atoms with van der Waals surface area (Å²) in [6, 6.07) is 3.66. The molecule has 0 spiro atoms. The zero-order valence-electron chi connectivity index (χ0n) is 11.9. The zero-order chi connectivity index (χ0) is 14.6. The summed E-state index contributed by atoms with van der Waals surface area (Å²) in [7, 11) is 3.20. The summed E-state index contributed by atoms with van der Waals surface area (Å²) in [5, 5.41) is 9.09. The molecule has 5 heteroatoms. The number of thioether (sulfide) groups is 1. The van der Waals surface area contributed by atoms with Crippen LogP contribution in [0.4, 0.5) is 0 Å². The number of hydrogen-bond acceptors (Lipinski definition) is 4. The highest BCUT2D eigenvalue weighted by Crippen LogP contribution is 2.44. The Morgan fingerprint density at radius 2 is 1.79 bits per heavy atom. The van der Waals surface area contributed by atoms with Crippen LogP contribution >= 0.6 is 11.8 Å². The van der Waals surface area contributed by atoms with Gasteiger partial charge in [0.15, 0.2) is 0 Å². The molecule has 0 aliphatic rings. The van der Waals surface area contributed by atoms with E-state index in [4.69, 9.17) is 14.6 Å². The lowest BCUT2D eigenvalue weighted by atomic mass is 9.80. The van der Waals surface area contributed by atoms with E-state index in [-0.39, 0.29) is 6.42 Å². The first-order valence-electron chi connectivity index (χ1n) is 5.88. The molecule has 1 aromatic carbocycles. The van der Waals surface area contributed by atoms with Gasteiger partial charge in [-0.05, 0) is 18.4 Å². The Bertz CT molecular complexity index is 469. The van der Waals surface area contributed by atoms with Gasteiger partial charge in [-0.1, -0.05) is 13.8 Å². The predicted octanol–water partition coefficient (Wildman–Crippen LogP) is 3.18. The molecule has 1 rings (SSSR count). The number of methoxy groups -OCH3 is 2. The molecule has 0 unspecified atom stereocenters. The molecule has 0 aromatic heterocycles. The van der Waals surface area contributed by atoms with E-state index < -0.39 is 11.4 Å². The number of carboxylic acid groups (broad SMARTS) is 1. The van der Waals surface area contributed by atoms with Gasteiger partial charge in [0.05, 0.1) is 25.5 Å². The van der Waals surface area contributed by atoms with Gasteiger partial charge in [-0.2, -0.15) is 0 Å². The number of ether oxygens (including phenoxy) is 2. The van der Waals surface area contributed by atoms with E-state index in [0.717, 1.165) is 16.2 Å². The van der Waals surface area contributed by atoms with Crippen LogP contribution in [0.5, 0.6) is 11.5 Å². The van der Waals surface area contributed by atoms with E-state index >= 15 is 0 Å². The Morgan fingerprint density at radius 1 is 1.26 bits per heavy atom. The fourth-order valence-electron chi connectivity index (χ4n) is 2.19. The van der Waals surface area contributed by atoms with Crippen LogP contribution in [0.25, 0.3) is 0 Å². The van der Waals surface area contributed by atoms with Crippen LogP contribution in [0.1, 0.15) is 25.8 Å². The van der Waals surface area contributed by atoms with Gasteiger partial charge in [-0.3, -0.25) is 4.79 Å². The maximum atomic E-state index is 11.1. The molecule has 0 aliphatic carbocycles. The van der Waals surface area contributed by atoms with Crippen LogP contribution in [0.15, 0.2) is 17.0 Å². The standard InChI is InChI=1S/C14H20O4S/c1-14(2,8-11(15)16)12-9(17-3)6-7-10(18-4)13(12)19-5/h6-7H,8H2,1-5H3,(H,15,16). The van der Waals surface area contributed by atoms with Crippen molar-refractivity contribution >= 4 is 17.7 Å². The first-order valence-corrected chi connectivity index (χ1v) is 7.11. The zero-order valence-corrected chi connectivity index (χ0v) is 12.8. The molecule has 0 radical (unpaired) electrons. The third-order valence-corrected chi connectivity index (χ3v) is 3.81. The summed E-state index contributed by atoms with van der Waals surface area (Å²) >= 11 is 1.53. The van der Waals surface area contributed by atoms with Crippen molar-refractivity contribution in [1.29, 1.82) is 0 Å². The highest BCUT2D eigenvalue weighted by atomic mass is 32.2. The van der Waals surface area contributed by atoms with Crippen LogP contribution in [-0.4, -0.2) is 31.6 Å². The largest absolute Gasteiger partial charge is 0.496 e. The molecule has 0 atom stereocenters. The Balaban J connectivity index is 3.48. The molecule has 0 saturated carbocycles. The van der Waals surface area contributed by atoms with Crippen LogP contribution in [-0.2, 0) is 10.2 Å². The van der Waals surface area contributed by atoms with Gasteiger partial charge >= 0.3 is 5.97 Å². The quantitative estimate of drug-likeness (QED) is 0.813. The van der Waals surface area contributed by atoms with Crippen molar-refractivity contribution in [2.75, 3.05) is 20.5 Å². The fourth-order valence-corrected chi connectivity index (χ4v) is 3.12. The molecule has 0 heterocycles. The molecule has 19 heavy (non-hydrogen) atoms. The predicted molar refractivity (Wildman–Crippen MR) is 76.6 cm³/mol. The van der Waals surface area contributed by atoms with Gasteiger partial charge in [0.2, 0.25) is 0 Å². The minimum absolute atomic E-state index is 0.0318. The van der Waals surface area contributed by atoms with Gasteiger partial charge in [-0.25, -0.2) is 0 Å². The van der Waals surface area contributed by atoms with Gasteiger partial charge in [-0.15, -0.1) is 11.8 Å². The van der Waals surface area contributed by atoms with Crippen LogP contribution < -0.4 is 9.47 Å². The Labute approximate surface area is 118 Å². The summed E-state index contributed by atoms with van der Waals surface area (Å²) in [4.78, 5) is 12.0. The van der Waals surface area contributed by atoms with Crippen molar-refractivity contribution in [3.8, 4) is 11.5 Å². The number of hydrogen-bond donors (Lipinski definition) is 1. The second-order valence-corrected chi connectivity index (χ2v) is 5.65. The Morgan fingerprint density at radius 3 is 2.21 bits per heavy atom. The maximum absolute atomic E-state index is 11.1. The smallest absolute Gasteiger partial charge is 0.304 e. The van der Waals surface area contributed by atoms with Gasteiger partial charge in [0.25, 0.3) is 0 Å². The molecule has 0 bridgehead atoms. The lowest BCUT2D eigenvalue weighted by molar-refractivity contribution is -0.138. The van der Waals surface area contributed by atoms with Crippen LogP contribution in [0, 0.1) is 0 Å². The van der Waals surface area contributed by atoms with Crippen molar-refractivity contribution in [2.45, 2.75) is 30.6 Å². The number of rotatable bonds is 6. The van der Waals surface area contributed by atoms with E-state index in [1.54, 1.807) is 14.2 Å². The van der Waals surface area contributed by atoms with E-state index in [1.807, 2.05) is 32.2 Å². The molecule has 1 N–H and O–H groups in total. The molecule has 0 fully saturated rings. The first kappa shape index (κ1) is 15.7. The van der Waals surface area contributed by atoms with E-state index in [0.29, 0.717) is 5.75 Å². The summed E-state index contributed by atoms with van der Waals surface area (Å²) < 4.78 is 10.7. The molecule has 0 saturated heterocycles. The van der Waals surface area contributed by atoms with Crippen molar-refractivity contribution < 1.29 is 19.4 Å². The molecule has 0 amide bonds. The first-order chi connectivity index (χ1) is 8.87. The number of aliphatic carboxylic acids is 1. The van der Waals surface area contributed by atoms with E-state index in [2.05, 4.69) is 0 Å². The average molecular weight is 284 g/mol. The number of benzene rings is 1. The summed E-state index contributed by atoms with van der Waals surface area (Å²) in [5.41, 5.74) is 0.341. The normalized spacial score (nSPS) is 11.2. The molecule has 106 valence electrons. The highest BCUT2D eigenvalue weighted by molar-refractivity contribution is 7.98. The van der Waals surface area contributed by atoms with Crippen molar-refractivity contribution in [3.05, 3.63) is 17.7 Å². The summed E-state index contributed by atoms with van der Waals surface area (Å²) in [6.45, 7) is 3.80. The second kappa shape index (κ2) is 6.19. The maximum Gasteiger partial charge on any atom is 0.304 e. The number of carbonyl (C=O) groups is 1. The SMILES string of the molecule is COc1ccc(OC)c(C(C)(C)CC(=O)O)c1SC. The monoisotopic (exact) mass is 284 g/mol. The van der Waals surface area contributed by atoms with Gasteiger partial charge in [0, 0.05) is 11.0 Å². The van der Waals surface area contributed by atoms with Gasteiger partial charge < -0.3 is 14.6 Å². The Hall–Kier alpha value is -1.36. The van der Waals surface area contributed by atoms with Crippen molar-refractivity contribution in [2.24, 2.45) is 0 Å². The second-order valence-electron chi connectivity index (χ2n) is 4.83. The van der Waals surface area contributed by atoms with Gasteiger partial charge in [0.1, 0.15) is 11.5 Å². The lowest BCUT2D eigenvalue weighted by Gasteiger charge is -2.28. The fraction of sp³-hybridized carbons (Fsp3) is 0.500. The molecule has 4 nitrogen and oxygen atoms in total. The van der Waals surface area contributed by atoms with Crippen LogP contribution in [0.3, 0.4) is 0 Å². The average Bonchev–Trinajstić information content (AvgIpc) is 2.35. The van der Waals surface area contributed by atoms with Crippen molar-refractivity contribution in [3.63, 3.8) is 0 Å². The number of carboxylic acids is 1. The summed E-state index contributed by atoms with van der Waals surface area (Å²) in [5.74, 6) is 0.597. The molecular weight excluding hydrogens is 264 g/mol. The third kappa shape index (κ3) is 3.35. The lowest BCUT2D eigenvalue weighted by Crippen LogP contribution is -2.23. The molecular formula is C14H20O4S. The third-order valence-electron chi connectivity index (χ3n) is 3.00. The van der Waals surface area contributed by atoms with Crippen LogP contribution in [0.2, 0.25) is 0 Å². The minimum Gasteiger partial charge on any atom is -0.496 e. The molecule has 1 aromatic rings. The highest BCUT2D eigenvalue weighted by Gasteiger charge is 2.31. The van der Waals surface area contributed by atoms with Crippen molar-refractivity contribution in [1.82, 2.24) is 0 Å². The topological polar surface area (TPSA) is 55.8 Å². The van der Waals surface area contributed by atoms with E-state index in [9.17, 15) is 4.79 Å². The molecule has 0 aliphatic heterocycles. The Kier molecular flexibility index (Phi) is 5.11. The minimum atomic E-state index is -0.832. The summed E-state index contributed by atoms with van der Waals surface area (Å²) in [6.07, 6.45) is 1.97. The van der Waals surface area contributed by atoms with E-state index in [1.165, 1.54) is 11.8 Å².